The maximum atomic E-state index is 12.7. The lowest BCUT2D eigenvalue weighted by Crippen LogP contribution is -2.30. The van der Waals surface area contributed by atoms with Gasteiger partial charge in [-0.2, -0.15) is 0 Å². The number of carbonyl (C=O) groups excluding carboxylic acids is 2. The number of phosphoric ester groups is 2. The van der Waals surface area contributed by atoms with Crippen LogP contribution < -0.4 is 0 Å². The predicted octanol–water partition coefficient (Wildman–Crippen LogP) is 9.98. The Hall–Kier alpha value is -2.48. The standard InChI is InChI=1S/C44H76O14P2/c1-3-5-7-9-11-12-13-14-15-16-17-18-23-27-31-35-44(48)58-42(39-57-60(52,53)56-37-41(46)36-55-59(49,50)51)38-54-43(47)34-30-26-22-20-19-21-25-29-33-40(45)32-28-24-10-8-6-4-2/h6,8,12-13,20-22,24-25,28-29,33,40-42,45-46H,3-5,7,9-11,14-19,23,26-27,30-32,34-39H2,1-2H3,(H,52,53)(H2,49,50,51)/b8-6-,13-12-,22-20-,25-21-,28-24-,33-29+/t40?,41-,42+/m0/s1. The van der Waals surface area contributed by atoms with Crippen LogP contribution in [0.1, 0.15) is 149 Å². The Morgan fingerprint density at radius 3 is 1.80 bits per heavy atom. The van der Waals surface area contributed by atoms with E-state index in [-0.39, 0.29) is 12.8 Å². The van der Waals surface area contributed by atoms with Gasteiger partial charge in [0.1, 0.15) is 12.7 Å². The second-order valence-corrected chi connectivity index (χ2v) is 17.1. The zero-order chi connectivity index (χ0) is 44.6. The Balaban J connectivity index is 4.68. The second-order valence-electron chi connectivity index (χ2n) is 14.4. The van der Waals surface area contributed by atoms with Gasteiger partial charge in [0, 0.05) is 12.8 Å². The van der Waals surface area contributed by atoms with E-state index in [1.165, 1.54) is 32.1 Å². The van der Waals surface area contributed by atoms with E-state index >= 15 is 0 Å². The van der Waals surface area contributed by atoms with Crippen LogP contribution in [0.3, 0.4) is 0 Å². The lowest BCUT2D eigenvalue weighted by Gasteiger charge is -2.20. The smallest absolute Gasteiger partial charge is 0.462 e. The van der Waals surface area contributed by atoms with Gasteiger partial charge in [0.15, 0.2) is 6.10 Å². The van der Waals surface area contributed by atoms with Crippen LogP contribution in [-0.4, -0.2) is 81.6 Å². The van der Waals surface area contributed by atoms with Gasteiger partial charge in [0.25, 0.3) is 0 Å². The highest BCUT2D eigenvalue weighted by molar-refractivity contribution is 7.47. The van der Waals surface area contributed by atoms with Gasteiger partial charge in [0.05, 0.1) is 25.9 Å². The Labute approximate surface area is 359 Å². The van der Waals surface area contributed by atoms with E-state index in [1.54, 1.807) is 12.2 Å². The van der Waals surface area contributed by atoms with E-state index in [2.05, 4.69) is 47.2 Å². The number of allylic oxidation sites excluding steroid dienone is 10. The van der Waals surface area contributed by atoms with Gasteiger partial charge in [0.2, 0.25) is 0 Å². The van der Waals surface area contributed by atoms with Crippen molar-refractivity contribution in [3.63, 3.8) is 0 Å². The third-order valence-corrected chi connectivity index (χ3v) is 10.1. The molecule has 0 amide bonds. The Bertz CT molecular complexity index is 1350. The fourth-order valence-electron chi connectivity index (χ4n) is 5.34. The number of esters is 2. The molecule has 2 unspecified atom stereocenters. The molecule has 14 nitrogen and oxygen atoms in total. The van der Waals surface area contributed by atoms with Crippen LogP contribution in [0.15, 0.2) is 72.9 Å². The summed E-state index contributed by atoms with van der Waals surface area (Å²) in [4.78, 5) is 52.7. The Kier molecular flexibility index (Phi) is 37.7. The summed E-state index contributed by atoms with van der Waals surface area (Å²) in [6.45, 7) is 1.46. The summed E-state index contributed by atoms with van der Waals surface area (Å²) in [6.07, 6.45) is 39.3. The molecule has 0 aromatic carbocycles. The number of ether oxygens (including phenoxy) is 2. The number of aliphatic hydroxyl groups is 2. The quantitative estimate of drug-likeness (QED) is 0.0127. The molecule has 0 fully saturated rings. The molecular formula is C44H76O14P2. The maximum Gasteiger partial charge on any atom is 0.472 e. The fraction of sp³-hybridized carbons (Fsp3) is 0.682. The molecule has 0 rings (SSSR count). The van der Waals surface area contributed by atoms with Gasteiger partial charge in [-0.05, 0) is 70.6 Å². The van der Waals surface area contributed by atoms with E-state index in [9.17, 15) is 33.8 Å². The molecule has 0 bridgehead atoms. The molecule has 60 heavy (non-hydrogen) atoms. The molecule has 0 aliphatic heterocycles. The van der Waals surface area contributed by atoms with Gasteiger partial charge in [-0.25, -0.2) is 9.13 Å². The van der Waals surface area contributed by atoms with E-state index in [1.807, 2.05) is 36.5 Å². The Morgan fingerprint density at radius 2 is 1.12 bits per heavy atom. The molecule has 0 radical (unpaired) electrons. The van der Waals surface area contributed by atoms with Crippen LogP contribution >= 0.6 is 15.6 Å². The summed E-state index contributed by atoms with van der Waals surface area (Å²) in [5.41, 5.74) is 0. The Morgan fingerprint density at radius 1 is 0.567 bits per heavy atom. The number of hydrogen-bond acceptors (Lipinski definition) is 11. The maximum absolute atomic E-state index is 12.7. The molecule has 5 N–H and O–H groups in total. The van der Waals surface area contributed by atoms with E-state index in [0.29, 0.717) is 32.1 Å². The minimum Gasteiger partial charge on any atom is -0.462 e. The molecule has 0 aliphatic carbocycles. The summed E-state index contributed by atoms with van der Waals surface area (Å²) >= 11 is 0. The van der Waals surface area contributed by atoms with Gasteiger partial charge in [-0.3, -0.25) is 23.2 Å². The third kappa shape index (κ3) is 42.2. The minimum atomic E-state index is -4.88. The fourth-order valence-corrected chi connectivity index (χ4v) is 6.50. The van der Waals surface area contributed by atoms with Crippen molar-refractivity contribution in [2.45, 2.75) is 167 Å². The summed E-state index contributed by atoms with van der Waals surface area (Å²) in [7, 11) is -9.71. The normalized spacial score (nSPS) is 15.2. The number of carbonyl (C=O) groups is 2. The lowest BCUT2D eigenvalue weighted by atomic mass is 10.1. The number of hydrogen-bond donors (Lipinski definition) is 5. The molecule has 0 aromatic heterocycles. The first-order valence-electron chi connectivity index (χ1n) is 21.7. The van der Waals surface area contributed by atoms with Crippen molar-refractivity contribution >= 4 is 27.6 Å². The highest BCUT2D eigenvalue weighted by atomic mass is 31.2. The predicted molar refractivity (Wildman–Crippen MR) is 236 cm³/mol. The van der Waals surface area contributed by atoms with Crippen LogP contribution in [0.5, 0.6) is 0 Å². The van der Waals surface area contributed by atoms with Gasteiger partial charge in [-0.15, -0.1) is 0 Å². The van der Waals surface area contributed by atoms with E-state index in [4.69, 9.17) is 23.8 Å². The van der Waals surface area contributed by atoms with E-state index in [0.717, 1.165) is 57.8 Å². The topological polar surface area (TPSA) is 216 Å². The number of phosphoric acid groups is 2. The molecule has 0 saturated heterocycles. The summed E-state index contributed by atoms with van der Waals surface area (Å²) in [6, 6.07) is 0. The van der Waals surface area contributed by atoms with Crippen molar-refractivity contribution in [2.24, 2.45) is 0 Å². The highest BCUT2D eigenvalue weighted by Gasteiger charge is 2.28. The number of unbranched alkanes of at least 4 members (excludes halogenated alkanes) is 12. The van der Waals surface area contributed by atoms with Gasteiger partial charge < -0.3 is 34.4 Å². The van der Waals surface area contributed by atoms with Crippen molar-refractivity contribution in [3.05, 3.63) is 72.9 Å². The van der Waals surface area contributed by atoms with Crippen molar-refractivity contribution in [1.82, 2.24) is 0 Å². The third-order valence-electron chi connectivity index (χ3n) is 8.65. The monoisotopic (exact) mass is 890 g/mol. The van der Waals surface area contributed by atoms with Crippen molar-refractivity contribution in [1.29, 1.82) is 0 Å². The molecular weight excluding hydrogens is 814 g/mol. The molecule has 0 aromatic rings. The molecule has 0 saturated carbocycles. The molecule has 0 heterocycles. The molecule has 4 atom stereocenters. The van der Waals surface area contributed by atoms with E-state index < -0.39 is 72.3 Å². The summed E-state index contributed by atoms with van der Waals surface area (Å²) < 4.78 is 47.7. The van der Waals surface area contributed by atoms with Crippen LogP contribution in [-0.2, 0) is 41.8 Å². The largest absolute Gasteiger partial charge is 0.472 e. The highest BCUT2D eigenvalue weighted by Crippen LogP contribution is 2.43. The lowest BCUT2D eigenvalue weighted by molar-refractivity contribution is -0.161. The zero-order valence-corrected chi connectivity index (χ0v) is 37.9. The van der Waals surface area contributed by atoms with Crippen molar-refractivity contribution in [3.8, 4) is 0 Å². The first-order chi connectivity index (χ1) is 28.8. The van der Waals surface area contributed by atoms with Gasteiger partial charge in [-0.1, -0.05) is 138 Å². The average molecular weight is 891 g/mol. The number of rotatable bonds is 40. The van der Waals surface area contributed by atoms with Crippen LogP contribution in [0, 0.1) is 0 Å². The average Bonchev–Trinajstić information content (AvgIpc) is 3.20. The number of aliphatic hydroxyl groups excluding tert-OH is 2. The minimum absolute atomic E-state index is 0.0810. The van der Waals surface area contributed by atoms with Crippen LogP contribution in [0.2, 0.25) is 0 Å². The zero-order valence-electron chi connectivity index (χ0n) is 36.1. The summed E-state index contributed by atoms with van der Waals surface area (Å²) in [5.74, 6) is -1.15. The first-order valence-corrected chi connectivity index (χ1v) is 24.8. The second kappa shape index (κ2) is 39.4. The van der Waals surface area contributed by atoms with Crippen LogP contribution in [0.4, 0.5) is 0 Å². The van der Waals surface area contributed by atoms with Gasteiger partial charge >= 0.3 is 27.6 Å². The summed E-state index contributed by atoms with van der Waals surface area (Å²) in [5, 5.41) is 19.8. The SMILES string of the molecule is CC/C=C\C/C=C\CC(O)/C=C/C=C\C/C=C\CCCC(=O)OC[C@H](COP(=O)(O)OC[C@@H](O)COP(=O)(O)O)OC(=O)CCCCCCCCC/C=C\CCCCCC. The van der Waals surface area contributed by atoms with Crippen molar-refractivity contribution in [2.75, 3.05) is 26.4 Å². The first kappa shape index (κ1) is 57.5. The molecule has 346 valence electrons. The van der Waals surface area contributed by atoms with Crippen LogP contribution in [0.25, 0.3) is 0 Å². The molecule has 16 heteroatoms. The molecule has 0 aliphatic rings. The molecule has 0 spiro atoms. The van der Waals surface area contributed by atoms with Crippen molar-refractivity contribution < 1.29 is 66.7 Å².